The first-order valence-electron chi connectivity index (χ1n) is 6.92. The average Bonchev–Trinajstić information content (AvgIpc) is 3.04. The molecule has 0 saturated carbocycles. The number of carbonyl (C=O) groups is 1. The molecule has 0 radical (unpaired) electrons. The fraction of sp³-hybridized carbons (Fsp3) is 0.250. The number of hydrogen-bond acceptors (Lipinski definition) is 5. The average molecular weight is 318 g/mol. The van der Waals surface area contributed by atoms with Crippen LogP contribution in [0.2, 0.25) is 0 Å². The van der Waals surface area contributed by atoms with Crippen molar-refractivity contribution in [3.63, 3.8) is 0 Å². The summed E-state index contributed by atoms with van der Waals surface area (Å²) in [5.41, 5.74) is 3.92. The number of nitrogens with zero attached hydrogens (tertiary/aromatic N) is 1. The van der Waals surface area contributed by atoms with Crippen LogP contribution in [0.1, 0.15) is 29.7 Å². The summed E-state index contributed by atoms with van der Waals surface area (Å²) in [6.45, 7) is 1.38. The van der Waals surface area contributed by atoms with E-state index < -0.39 is 0 Å². The van der Waals surface area contributed by atoms with Crippen LogP contribution in [0.25, 0.3) is 0 Å². The third kappa shape index (κ3) is 4.41. The number of aliphatic hydroxyl groups is 1. The molecule has 0 fully saturated rings. The predicted octanol–water partition coefficient (Wildman–Crippen LogP) is 2.69. The van der Waals surface area contributed by atoms with Gasteiger partial charge in [0.1, 0.15) is 5.71 Å². The number of amides is 1. The van der Waals surface area contributed by atoms with E-state index in [1.807, 2.05) is 47.8 Å². The lowest BCUT2D eigenvalue weighted by Crippen LogP contribution is -2.21. The maximum absolute atomic E-state index is 10.9. The van der Waals surface area contributed by atoms with Crippen LogP contribution in [-0.2, 0) is 9.73 Å². The van der Waals surface area contributed by atoms with Gasteiger partial charge < -0.3 is 5.11 Å². The van der Waals surface area contributed by atoms with E-state index in [9.17, 15) is 9.90 Å². The Morgan fingerprint density at radius 2 is 2.09 bits per heavy atom. The van der Waals surface area contributed by atoms with Crippen LogP contribution in [0, 0.1) is 0 Å². The first kappa shape index (κ1) is 16.2. The van der Waals surface area contributed by atoms with Crippen molar-refractivity contribution >= 4 is 23.0 Å². The van der Waals surface area contributed by atoms with Crippen molar-refractivity contribution in [2.24, 2.45) is 5.16 Å². The van der Waals surface area contributed by atoms with Crippen molar-refractivity contribution in [2.45, 2.75) is 19.3 Å². The molecule has 2 N–H and O–H groups in total. The molecule has 2 rings (SSSR count). The van der Waals surface area contributed by atoms with Crippen LogP contribution in [0.5, 0.6) is 0 Å². The number of rotatable bonds is 7. The zero-order chi connectivity index (χ0) is 15.8. The largest absolute Gasteiger partial charge is 0.396 e. The topological polar surface area (TPSA) is 70.9 Å². The first-order valence-corrected chi connectivity index (χ1v) is 7.80. The Labute approximate surface area is 133 Å². The molecule has 1 aromatic heterocycles. The molecule has 1 aromatic carbocycles. The smallest absolute Gasteiger partial charge is 0.251 e. The van der Waals surface area contributed by atoms with E-state index in [4.69, 9.17) is 4.94 Å². The number of benzene rings is 1. The van der Waals surface area contributed by atoms with Gasteiger partial charge in [0, 0.05) is 19.4 Å². The molecule has 0 aliphatic rings. The number of aliphatic hydroxyl groups excluding tert-OH is 1. The second-order valence-electron chi connectivity index (χ2n) is 4.68. The molecule has 0 bridgehead atoms. The quantitative estimate of drug-likeness (QED) is 0.609. The Bertz CT molecular complexity index is 612. The number of hydrogen-bond donors (Lipinski definition) is 2. The van der Waals surface area contributed by atoms with E-state index in [0.717, 1.165) is 10.4 Å². The summed E-state index contributed by atoms with van der Waals surface area (Å²) >= 11 is 1.53. The third-order valence-electron chi connectivity index (χ3n) is 3.06. The summed E-state index contributed by atoms with van der Waals surface area (Å²) in [6, 6.07) is 13.7. The molecule has 1 amide bonds. The van der Waals surface area contributed by atoms with Crippen molar-refractivity contribution < 1.29 is 14.8 Å². The third-order valence-corrected chi connectivity index (χ3v) is 3.95. The van der Waals surface area contributed by atoms with Crippen LogP contribution in [0.15, 0.2) is 53.0 Å². The Hall–Kier alpha value is -2.18. The molecule has 6 heteroatoms. The molecule has 0 aliphatic carbocycles. The molecule has 116 valence electrons. The highest BCUT2D eigenvalue weighted by atomic mass is 32.1. The van der Waals surface area contributed by atoms with Crippen LogP contribution in [0.4, 0.5) is 0 Å². The second-order valence-corrected chi connectivity index (χ2v) is 5.63. The molecule has 22 heavy (non-hydrogen) atoms. The van der Waals surface area contributed by atoms with E-state index in [1.165, 1.54) is 18.3 Å². The lowest BCUT2D eigenvalue weighted by atomic mass is 9.90. The summed E-state index contributed by atoms with van der Waals surface area (Å²) in [6.07, 6.45) is 0.518. The summed E-state index contributed by atoms with van der Waals surface area (Å²) in [5.74, 6) is -0.439. The van der Waals surface area contributed by atoms with E-state index >= 15 is 0 Å². The molecule has 2 aromatic rings. The Balaban J connectivity index is 2.34. The monoisotopic (exact) mass is 318 g/mol. The van der Waals surface area contributed by atoms with E-state index in [2.05, 4.69) is 10.6 Å². The minimum Gasteiger partial charge on any atom is -0.396 e. The van der Waals surface area contributed by atoms with Gasteiger partial charge in [0.05, 0.1) is 4.88 Å². The van der Waals surface area contributed by atoms with Crippen molar-refractivity contribution in [3.05, 3.63) is 58.3 Å². The molecular formula is C16H18N2O3S. The summed E-state index contributed by atoms with van der Waals surface area (Å²) in [5, 5.41) is 15.4. The summed E-state index contributed by atoms with van der Waals surface area (Å²) < 4.78 is 0. The highest BCUT2D eigenvalue weighted by Gasteiger charge is 2.21. The molecule has 5 nitrogen and oxygen atoms in total. The zero-order valence-corrected chi connectivity index (χ0v) is 13.0. The van der Waals surface area contributed by atoms with Crippen LogP contribution >= 0.6 is 11.3 Å². The number of hydroxylamine groups is 1. The highest BCUT2D eigenvalue weighted by molar-refractivity contribution is 7.12. The van der Waals surface area contributed by atoms with Gasteiger partial charge in [-0.15, -0.1) is 11.3 Å². The zero-order valence-electron chi connectivity index (χ0n) is 12.2. The molecule has 1 unspecified atom stereocenters. The van der Waals surface area contributed by atoms with Crippen LogP contribution < -0.4 is 5.48 Å². The Morgan fingerprint density at radius 1 is 1.32 bits per heavy atom. The maximum Gasteiger partial charge on any atom is 0.251 e. The molecule has 1 atom stereocenters. The summed E-state index contributed by atoms with van der Waals surface area (Å²) in [7, 11) is 0. The Morgan fingerprint density at radius 3 is 2.68 bits per heavy atom. The number of nitrogens with one attached hydrogen (secondary N) is 1. The van der Waals surface area contributed by atoms with Gasteiger partial charge in [0.15, 0.2) is 0 Å². The van der Waals surface area contributed by atoms with E-state index in [-0.39, 0.29) is 18.4 Å². The fourth-order valence-corrected chi connectivity index (χ4v) is 2.88. The standard InChI is InChI=1S/C16H18N2O3S/c1-12(20)17-21-18-16(15-8-5-11-22-15)14(9-10-19)13-6-3-2-4-7-13/h2-8,11,14,19H,9-10H2,1H3,(H,17,20)/b18-16-. The van der Waals surface area contributed by atoms with Gasteiger partial charge in [0.25, 0.3) is 5.91 Å². The number of carbonyl (C=O) groups excluding carboxylic acids is 1. The predicted molar refractivity (Wildman–Crippen MR) is 86.6 cm³/mol. The highest BCUT2D eigenvalue weighted by Crippen LogP contribution is 2.27. The SMILES string of the molecule is CC(=O)NO/N=C(\c1cccs1)C(CCO)c1ccccc1. The number of thiophene rings is 1. The van der Waals surface area contributed by atoms with Crippen LogP contribution in [0.3, 0.4) is 0 Å². The molecule has 1 heterocycles. The van der Waals surface area contributed by atoms with Crippen molar-refractivity contribution in [1.82, 2.24) is 5.48 Å². The normalized spacial score (nSPS) is 12.7. The minimum absolute atomic E-state index is 0.0318. The van der Waals surface area contributed by atoms with Crippen molar-refractivity contribution in [2.75, 3.05) is 6.61 Å². The molecular weight excluding hydrogens is 300 g/mol. The second kappa shape index (κ2) is 8.31. The van der Waals surface area contributed by atoms with Gasteiger partial charge in [-0.25, -0.2) is 0 Å². The van der Waals surface area contributed by atoms with Gasteiger partial charge in [-0.2, -0.15) is 5.48 Å². The van der Waals surface area contributed by atoms with Crippen molar-refractivity contribution in [3.8, 4) is 0 Å². The van der Waals surface area contributed by atoms with Crippen molar-refractivity contribution in [1.29, 1.82) is 0 Å². The maximum atomic E-state index is 10.9. The number of oxime groups is 1. The molecule has 0 saturated heterocycles. The lowest BCUT2D eigenvalue weighted by molar-refractivity contribution is -0.131. The Kier molecular flexibility index (Phi) is 6.12. The van der Waals surface area contributed by atoms with E-state index in [0.29, 0.717) is 12.1 Å². The summed E-state index contributed by atoms with van der Waals surface area (Å²) in [4.78, 5) is 16.8. The van der Waals surface area contributed by atoms with Gasteiger partial charge in [-0.05, 0) is 23.4 Å². The van der Waals surface area contributed by atoms with Gasteiger partial charge in [0.2, 0.25) is 0 Å². The van der Waals surface area contributed by atoms with Gasteiger partial charge in [-0.1, -0.05) is 41.6 Å². The van der Waals surface area contributed by atoms with Gasteiger partial charge in [-0.3, -0.25) is 9.73 Å². The van der Waals surface area contributed by atoms with E-state index in [1.54, 1.807) is 0 Å². The lowest BCUT2D eigenvalue weighted by Gasteiger charge is -2.17. The molecule has 0 aliphatic heterocycles. The van der Waals surface area contributed by atoms with Gasteiger partial charge >= 0.3 is 0 Å². The molecule has 0 spiro atoms. The fourth-order valence-electron chi connectivity index (χ4n) is 2.12. The van der Waals surface area contributed by atoms with Crippen LogP contribution in [-0.4, -0.2) is 23.3 Å². The first-order chi connectivity index (χ1) is 10.7. The minimum atomic E-state index is -0.326.